The summed E-state index contributed by atoms with van der Waals surface area (Å²) in [6.45, 7) is 7.74. The summed E-state index contributed by atoms with van der Waals surface area (Å²) in [6.07, 6.45) is 0.968. The Morgan fingerprint density at radius 2 is 1.91 bits per heavy atom. The molecule has 0 aliphatic carbocycles. The molecule has 1 aromatic heterocycles. The molecule has 3 aromatic rings. The monoisotopic (exact) mass is 484 g/mol. The van der Waals surface area contributed by atoms with Crippen LogP contribution in [0, 0.1) is 0 Å². The molecular weight excluding hydrogens is 452 g/mol. The molecule has 1 N–H and O–H groups in total. The number of hydrogen-bond acceptors (Lipinski definition) is 7. The Morgan fingerprint density at radius 3 is 2.62 bits per heavy atom. The van der Waals surface area contributed by atoms with E-state index in [1.54, 1.807) is 7.11 Å². The van der Waals surface area contributed by atoms with Crippen molar-refractivity contribution in [1.82, 2.24) is 20.1 Å². The summed E-state index contributed by atoms with van der Waals surface area (Å²) in [5.74, 6) is 2.36. The van der Waals surface area contributed by atoms with E-state index in [-0.39, 0.29) is 17.8 Å². The predicted molar refractivity (Wildman–Crippen MR) is 134 cm³/mol. The van der Waals surface area contributed by atoms with Gasteiger partial charge in [-0.3, -0.25) is 9.36 Å². The number of benzene rings is 2. The maximum Gasteiger partial charge on any atom is 0.230 e. The molecule has 0 unspecified atom stereocenters. The minimum absolute atomic E-state index is 0.0567. The molecule has 34 heavy (non-hydrogen) atoms. The van der Waals surface area contributed by atoms with Gasteiger partial charge in [-0.15, -0.1) is 10.2 Å². The first-order valence-corrected chi connectivity index (χ1v) is 12.3. The molecule has 1 amide bonds. The second-order valence-corrected chi connectivity index (χ2v) is 8.65. The zero-order valence-corrected chi connectivity index (χ0v) is 20.9. The summed E-state index contributed by atoms with van der Waals surface area (Å²) < 4.78 is 18.4. The fraction of sp³-hybridized carbons (Fsp3) is 0.400. The van der Waals surface area contributed by atoms with Crippen LogP contribution in [0.5, 0.6) is 11.5 Å². The highest BCUT2D eigenvalue weighted by Crippen LogP contribution is 2.30. The van der Waals surface area contributed by atoms with Crippen molar-refractivity contribution in [2.45, 2.75) is 38.5 Å². The third-order valence-electron chi connectivity index (χ3n) is 4.79. The number of carbonyl (C=O) groups excluding carboxylic acids is 1. The molecule has 2 aromatic carbocycles. The van der Waals surface area contributed by atoms with E-state index in [1.165, 1.54) is 11.8 Å². The van der Waals surface area contributed by atoms with Gasteiger partial charge in [-0.05, 0) is 63.6 Å². The molecule has 0 spiro atoms. The summed E-state index contributed by atoms with van der Waals surface area (Å²) in [5.41, 5.74) is 1.74. The normalized spacial score (nSPS) is 11.0. The second-order valence-electron chi connectivity index (χ2n) is 7.71. The Balaban J connectivity index is 1.77. The van der Waals surface area contributed by atoms with E-state index in [9.17, 15) is 4.79 Å². The number of thioether (sulfide) groups is 1. The summed E-state index contributed by atoms with van der Waals surface area (Å²) in [6, 6.07) is 15.4. The summed E-state index contributed by atoms with van der Waals surface area (Å²) in [7, 11) is 1.63. The third-order valence-corrected chi connectivity index (χ3v) is 5.72. The molecular formula is C25H32N4O4S. The maximum atomic E-state index is 12.4. The fourth-order valence-corrected chi connectivity index (χ4v) is 3.99. The molecule has 0 fully saturated rings. The summed E-state index contributed by atoms with van der Waals surface area (Å²) in [4.78, 5) is 12.4. The van der Waals surface area contributed by atoms with Crippen molar-refractivity contribution in [1.29, 1.82) is 0 Å². The van der Waals surface area contributed by atoms with Crippen molar-refractivity contribution in [2.24, 2.45) is 0 Å². The van der Waals surface area contributed by atoms with Crippen molar-refractivity contribution in [3.05, 3.63) is 48.5 Å². The number of rotatable bonds is 13. The van der Waals surface area contributed by atoms with Gasteiger partial charge in [-0.2, -0.15) is 0 Å². The number of nitrogens with one attached hydrogen (secondary N) is 1. The van der Waals surface area contributed by atoms with Gasteiger partial charge in [-0.1, -0.05) is 23.9 Å². The van der Waals surface area contributed by atoms with Crippen LogP contribution in [0.3, 0.4) is 0 Å². The van der Waals surface area contributed by atoms with Crippen LogP contribution in [0.1, 0.15) is 27.2 Å². The average molecular weight is 485 g/mol. The van der Waals surface area contributed by atoms with E-state index < -0.39 is 0 Å². The third kappa shape index (κ3) is 7.23. The number of ether oxygens (including phenoxy) is 3. The first-order chi connectivity index (χ1) is 16.5. The Hall–Kier alpha value is -3.04. The number of nitrogens with zero attached hydrogens (tertiary/aromatic N) is 3. The van der Waals surface area contributed by atoms with Crippen molar-refractivity contribution in [3.63, 3.8) is 0 Å². The van der Waals surface area contributed by atoms with Crippen LogP contribution < -0.4 is 14.8 Å². The van der Waals surface area contributed by atoms with Gasteiger partial charge in [0.15, 0.2) is 11.0 Å². The molecule has 3 rings (SSSR count). The lowest BCUT2D eigenvalue weighted by atomic mass is 10.2. The lowest BCUT2D eigenvalue weighted by Gasteiger charge is -2.12. The minimum Gasteiger partial charge on any atom is -0.497 e. The van der Waals surface area contributed by atoms with Gasteiger partial charge in [0.05, 0.1) is 25.6 Å². The second kappa shape index (κ2) is 13.0. The number of aromatic nitrogens is 3. The molecule has 9 heteroatoms. The molecule has 1 heterocycles. The van der Waals surface area contributed by atoms with Crippen LogP contribution in [-0.4, -0.2) is 59.4 Å². The van der Waals surface area contributed by atoms with Crippen LogP contribution in [-0.2, 0) is 9.53 Å². The molecule has 0 aliphatic rings. The van der Waals surface area contributed by atoms with Crippen LogP contribution in [0.4, 0.5) is 0 Å². The fourth-order valence-electron chi connectivity index (χ4n) is 3.20. The van der Waals surface area contributed by atoms with Crippen LogP contribution in [0.25, 0.3) is 17.1 Å². The molecule has 0 saturated heterocycles. The van der Waals surface area contributed by atoms with Crippen LogP contribution in [0.2, 0.25) is 0 Å². The molecule has 0 saturated carbocycles. The maximum absolute atomic E-state index is 12.4. The van der Waals surface area contributed by atoms with Gasteiger partial charge >= 0.3 is 0 Å². The Kier molecular flexibility index (Phi) is 9.78. The van der Waals surface area contributed by atoms with Gasteiger partial charge in [0.25, 0.3) is 0 Å². The Morgan fingerprint density at radius 1 is 1.12 bits per heavy atom. The van der Waals surface area contributed by atoms with E-state index in [2.05, 4.69) is 15.5 Å². The number of hydrogen-bond donors (Lipinski definition) is 1. The van der Waals surface area contributed by atoms with Crippen LogP contribution >= 0.6 is 11.8 Å². The predicted octanol–water partition coefficient (Wildman–Crippen LogP) is 4.37. The van der Waals surface area contributed by atoms with Crippen molar-refractivity contribution < 1.29 is 19.0 Å². The van der Waals surface area contributed by atoms with E-state index in [4.69, 9.17) is 14.2 Å². The van der Waals surface area contributed by atoms with Gasteiger partial charge in [0.2, 0.25) is 5.91 Å². The first-order valence-electron chi connectivity index (χ1n) is 11.4. The number of amides is 1. The Bertz CT molecular complexity index is 1050. The first kappa shape index (κ1) is 25.6. The number of carbonyl (C=O) groups is 1. The molecule has 0 bridgehead atoms. The van der Waals surface area contributed by atoms with E-state index in [0.717, 1.165) is 29.2 Å². The Labute approximate surface area is 205 Å². The summed E-state index contributed by atoms with van der Waals surface area (Å²) in [5, 5.41) is 12.4. The van der Waals surface area contributed by atoms with Crippen LogP contribution in [0.15, 0.2) is 53.7 Å². The number of methoxy groups -OCH3 is 1. The molecule has 0 aliphatic heterocycles. The van der Waals surface area contributed by atoms with Gasteiger partial charge in [0.1, 0.15) is 11.5 Å². The SMILES string of the molecule is CCOc1ccc(-n2c(SCC(=O)NCCCOC(C)C)nnc2-c2cccc(OC)c2)cc1. The summed E-state index contributed by atoms with van der Waals surface area (Å²) >= 11 is 1.34. The van der Waals surface area contributed by atoms with E-state index in [0.29, 0.717) is 30.7 Å². The molecule has 0 atom stereocenters. The highest BCUT2D eigenvalue weighted by molar-refractivity contribution is 7.99. The van der Waals surface area contributed by atoms with Gasteiger partial charge in [0, 0.05) is 24.4 Å². The highest BCUT2D eigenvalue weighted by atomic mass is 32.2. The lowest BCUT2D eigenvalue weighted by molar-refractivity contribution is -0.118. The van der Waals surface area contributed by atoms with Crippen molar-refractivity contribution >= 4 is 17.7 Å². The molecule has 182 valence electrons. The van der Waals surface area contributed by atoms with Crippen molar-refractivity contribution in [2.75, 3.05) is 32.6 Å². The zero-order chi connectivity index (χ0) is 24.3. The molecule has 8 nitrogen and oxygen atoms in total. The lowest BCUT2D eigenvalue weighted by Crippen LogP contribution is -2.27. The van der Waals surface area contributed by atoms with Gasteiger partial charge < -0.3 is 19.5 Å². The van der Waals surface area contributed by atoms with E-state index in [1.807, 2.05) is 73.9 Å². The van der Waals surface area contributed by atoms with Gasteiger partial charge in [-0.25, -0.2) is 0 Å². The standard InChI is InChI=1S/C25H32N4O4S/c1-5-32-21-12-10-20(11-13-21)29-24(19-8-6-9-22(16-19)31-4)27-28-25(29)34-17-23(30)26-14-7-15-33-18(2)3/h6,8-13,16,18H,5,7,14-15,17H2,1-4H3,(H,26,30). The zero-order valence-electron chi connectivity index (χ0n) is 20.1. The smallest absolute Gasteiger partial charge is 0.230 e. The van der Waals surface area contributed by atoms with Crippen molar-refractivity contribution in [3.8, 4) is 28.6 Å². The largest absolute Gasteiger partial charge is 0.497 e. The topological polar surface area (TPSA) is 87.5 Å². The highest BCUT2D eigenvalue weighted by Gasteiger charge is 2.18. The molecule has 0 radical (unpaired) electrons. The average Bonchev–Trinajstić information content (AvgIpc) is 3.27. The van der Waals surface area contributed by atoms with E-state index >= 15 is 0 Å². The quantitative estimate of drug-likeness (QED) is 0.285. The minimum atomic E-state index is -0.0567.